The van der Waals surface area contributed by atoms with Crippen LogP contribution in [0.5, 0.6) is 11.5 Å². The SMILES string of the molecule is CCNC(=NCC1CCN(C2CC2)C1)NC1CCN(c2cc(OC)cc(OC)c2)C1. The highest BCUT2D eigenvalue weighted by atomic mass is 16.5. The highest BCUT2D eigenvalue weighted by Gasteiger charge is 2.34. The van der Waals surface area contributed by atoms with E-state index < -0.39 is 0 Å². The van der Waals surface area contributed by atoms with Crippen molar-refractivity contribution >= 4 is 11.6 Å². The van der Waals surface area contributed by atoms with Crippen molar-refractivity contribution in [2.24, 2.45) is 10.9 Å². The van der Waals surface area contributed by atoms with Crippen LogP contribution in [-0.2, 0) is 0 Å². The van der Waals surface area contributed by atoms with Crippen LogP contribution in [-0.4, -0.2) is 76.4 Å². The van der Waals surface area contributed by atoms with Gasteiger partial charge in [-0.25, -0.2) is 0 Å². The Balaban J connectivity index is 1.32. The molecule has 0 amide bonds. The van der Waals surface area contributed by atoms with Crippen LogP contribution in [0.1, 0.15) is 32.6 Å². The molecule has 3 fully saturated rings. The van der Waals surface area contributed by atoms with Crippen molar-refractivity contribution in [1.82, 2.24) is 15.5 Å². The normalized spacial score (nSPS) is 24.9. The number of guanidine groups is 1. The lowest BCUT2D eigenvalue weighted by Gasteiger charge is -2.21. The summed E-state index contributed by atoms with van der Waals surface area (Å²) >= 11 is 0. The molecule has 1 aromatic carbocycles. The Morgan fingerprint density at radius 3 is 2.47 bits per heavy atom. The van der Waals surface area contributed by atoms with E-state index in [9.17, 15) is 0 Å². The predicted molar refractivity (Wildman–Crippen MR) is 122 cm³/mol. The Morgan fingerprint density at radius 1 is 1.03 bits per heavy atom. The van der Waals surface area contributed by atoms with Crippen molar-refractivity contribution in [3.63, 3.8) is 0 Å². The number of benzene rings is 1. The topological polar surface area (TPSA) is 61.4 Å². The molecular weight excluding hydrogens is 378 g/mol. The lowest BCUT2D eigenvalue weighted by molar-refractivity contribution is 0.315. The van der Waals surface area contributed by atoms with E-state index in [0.29, 0.717) is 12.0 Å². The summed E-state index contributed by atoms with van der Waals surface area (Å²) in [6, 6.07) is 7.33. The van der Waals surface area contributed by atoms with Gasteiger partial charge in [0, 0.05) is 68.7 Å². The molecule has 0 spiro atoms. The minimum absolute atomic E-state index is 0.381. The number of hydrogen-bond acceptors (Lipinski definition) is 5. The molecule has 7 heteroatoms. The lowest BCUT2D eigenvalue weighted by atomic mass is 10.1. The summed E-state index contributed by atoms with van der Waals surface area (Å²) in [6.45, 7) is 8.37. The first-order valence-electron chi connectivity index (χ1n) is 11.5. The third-order valence-corrected chi connectivity index (χ3v) is 6.46. The molecule has 0 radical (unpaired) electrons. The number of ether oxygens (including phenoxy) is 2. The molecular formula is C23H37N5O2. The van der Waals surface area contributed by atoms with Crippen LogP contribution in [0.4, 0.5) is 5.69 Å². The second-order valence-electron chi connectivity index (χ2n) is 8.75. The molecule has 1 aromatic rings. The Labute approximate surface area is 180 Å². The van der Waals surface area contributed by atoms with Crippen molar-refractivity contribution in [2.75, 3.05) is 58.4 Å². The van der Waals surface area contributed by atoms with Gasteiger partial charge in [0.25, 0.3) is 0 Å². The van der Waals surface area contributed by atoms with Gasteiger partial charge in [-0.1, -0.05) is 0 Å². The average molecular weight is 416 g/mol. The van der Waals surface area contributed by atoms with E-state index in [1.807, 2.05) is 6.07 Å². The summed E-state index contributed by atoms with van der Waals surface area (Å²) < 4.78 is 10.9. The van der Waals surface area contributed by atoms with Crippen molar-refractivity contribution in [3.8, 4) is 11.5 Å². The van der Waals surface area contributed by atoms with Gasteiger partial charge < -0.3 is 29.9 Å². The van der Waals surface area contributed by atoms with Crippen molar-refractivity contribution < 1.29 is 9.47 Å². The van der Waals surface area contributed by atoms with Gasteiger partial charge in [0.05, 0.1) is 14.2 Å². The molecule has 0 aromatic heterocycles. The van der Waals surface area contributed by atoms with Crippen LogP contribution in [0.2, 0.25) is 0 Å². The van der Waals surface area contributed by atoms with Crippen molar-refractivity contribution in [1.29, 1.82) is 0 Å². The monoisotopic (exact) mass is 415 g/mol. The molecule has 2 heterocycles. The second-order valence-corrected chi connectivity index (χ2v) is 8.75. The second kappa shape index (κ2) is 9.77. The summed E-state index contributed by atoms with van der Waals surface area (Å²) in [5.74, 6) is 3.31. The smallest absolute Gasteiger partial charge is 0.191 e. The fourth-order valence-corrected chi connectivity index (χ4v) is 4.60. The van der Waals surface area contributed by atoms with Gasteiger partial charge in [-0.3, -0.25) is 4.99 Å². The van der Waals surface area contributed by atoms with E-state index in [2.05, 4.69) is 39.5 Å². The molecule has 2 atom stereocenters. The zero-order valence-corrected chi connectivity index (χ0v) is 18.7. The molecule has 2 aliphatic heterocycles. The molecule has 30 heavy (non-hydrogen) atoms. The van der Waals surface area contributed by atoms with Crippen LogP contribution in [0, 0.1) is 5.92 Å². The van der Waals surface area contributed by atoms with Gasteiger partial charge in [-0.2, -0.15) is 0 Å². The van der Waals surface area contributed by atoms with Gasteiger partial charge in [0.2, 0.25) is 0 Å². The fraction of sp³-hybridized carbons (Fsp3) is 0.696. The number of aliphatic imine (C=N–C) groups is 1. The number of rotatable bonds is 8. The first-order chi connectivity index (χ1) is 14.7. The predicted octanol–water partition coefficient (Wildman–Crippen LogP) is 2.32. The number of anilines is 1. The molecule has 1 aliphatic carbocycles. The van der Waals surface area contributed by atoms with E-state index in [1.165, 1.54) is 32.4 Å². The summed E-state index contributed by atoms with van der Waals surface area (Å²) in [7, 11) is 3.39. The maximum Gasteiger partial charge on any atom is 0.191 e. The van der Waals surface area contributed by atoms with Crippen LogP contribution in [0.15, 0.2) is 23.2 Å². The summed E-state index contributed by atoms with van der Waals surface area (Å²) in [4.78, 5) is 9.99. The van der Waals surface area contributed by atoms with E-state index in [1.54, 1.807) is 14.2 Å². The van der Waals surface area contributed by atoms with E-state index >= 15 is 0 Å². The molecule has 0 bridgehead atoms. The van der Waals surface area contributed by atoms with E-state index in [-0.39, 0.29) is 0 Å². The fourth-order valence-electron chi connectivity index (χ4n) is 4.60. The standard InChI is InChI=1S/C23H37N5O2/c1-4-24-23(25-14-17-7-9-27(15-17)19-5-6-19)26-18-8-10-28(16-18)20-11-21(29-2)13-22(12-20)30-3/h11-13,17-19H,4-10,14-16H2,1-3H3,(H2,24,25,26). The number of hydrogen-bond donors (Lipinski definition) is 2. The summed E-state index contributed by atoms with van der Waals surface area (Å²) in [5.41, 5.74) is 1.14. The highest BCUT2D eigenvalue weighted by molar-refractivity contribution is 5.80. The quantitative estimate of drug-likeness (QED) is 0.502. The maximum absolute atomic E-state index is 5.43. The third-order valence-electron chi connectivity index (χ3n) is 6.46. The van der Waals surface area contributed by atoms with Gasteiger partial charge >= 0.3 is 0 Å². The maximum atomic E-state index is 5.43. The number of nitrogens with zero attached hydrogens (tertiary/aromatic N) is 3. The van der Waals surface area contributed by atoms with Gasteiger partial charge in [-0.15, -0.1) is 0 Å². The van der Waals surface area contributed by atoms with Gasteiger partial charge in [-0.05, 0) is 45.1 Å². The minimum Gasteiger partial charge on any atom is -0.497 e. The van der Waals surface area contributed by atoms with E-state index in [0.717, 1.165) is 61.8 Å². The first kappa shape index (κ1) is 21.1. The van der Waals surface area contributed by atoms with Gasteiger partial charge in [0.1, 0.15) is 11.5 Å². The molecule has 2 N–H and O–H groups in total. The molecule has 2 saturated heterocycles. The highest BCUT2D eigenvalue weighted by Crippen LogP contribution is 2.32. The molecule has 166 valence electrons. The number of methoxy groups -OCH3 is 2. The Morgan fingerprint density at radius 2 is 1.80 bits per heavy atom. The van der Waals surface area contributed by atoms with Crippen LogP contribution in [0.3, 0.4) is 0 Å². The van der Waals surface area contributed by atoms with Crippen LogP contribution in [0.25, 0.3) is 0 Å². The van der Waals surface area contributed by atoms with E-state index in [4.69, 9.17) is 14.5 Å². The third kappa shape index (κ3) is 5.31. The van der Waals surface area contributed by atoms with Crippen molar-refractivity contribution in [3.05, 3.63) is 18.2 Å². The Bertz CT molecular complexity index is 714. The van der Waals surface area contributed by atoms with Gasteiger partial charge in [0.15, 0.2) is 5.96 Å². The lowest BCUT2D eigenvalue weighted by Crippen LogP contribution is -2.45. The summed E-state index contributed by atoms with van der Waals surface area (Å²) in [6.07, 6.45) is 5.17. The zero-order chi connectivity index (χ0) is 20.9. The minimum atomic E-state index is 0.381. The van der Waals surface area contributed by atoms with Crippen molar-refractivity contribution in [2.45, 2.75) is 44.7 Å². The number of likely N-dealkylation sites (tertiary alicyclic amines) is 1. The molecule has 4 rings (SSSR count). The largest absolute Gasteiger partial charge is 0.497 e. The zero-order valence-electron chi connectivity index (χ0n) is 18.7. The first-order valence-corrected chi connectivity index (χ1v) is 11.5. The average Bonchev–Trinajstić information content (AvgIpc) is 3.32. The Hall–Kier alpha value is -2.15. The molecule has 2 unspecified atom stereocenters. The molecule has 3 aliphatic rings. The Kier molecular flexibility index (Phi) is 6.87. The summed E-state index contributed by atoms with van der Waals surface area (Å²) in [5, 5.41) is 7.10. The van der Waals surface area contributed by atoms with Crippen LogP contribution < -0.4 is 25.0 Å². The molecule has 7 nitrogen and oxygen atoms in total. The molecule has 1 saturated carbocycles. The number of nitrogens with one attached hydrogen (secondary N) is 2. The van der Waals surface area contributed by atoms with Crippen LogP contribution >= 0.6 is 0 Å².